The van der Waals surface area contributed by atoms with Crippen molar-refractivity contribution >= 4 is 33.8 Å². The summed E-state index contributed by atoms with van der Waals surface area (Å²) in [5.74, 6) is -0.672. The van der Waals surface area contributed by atoms with E-state index in [9.17, 15) is 22.8 Å². The van der Waals surface area contributed by atoms with E-state index in [0.29, 0.717) is 35.4 Å². The molecule has 2 aliphatic heterocycles. The van der Waals surface area contributed by atoms with Crippen molar-refractivity contribution in [2.75, 3.05) is 13.1 Å². The standard InChI is InChI=1S/C34H42F3N7O2/c1-4-26(38)33(45)42-15-20(36)11-22(42)14-25-24-7-5-6-8-27(24)40-31(25)32-41-28-13-19(35)9-10-29(28)44(32)17-23-12-21(37)16-43(23)34(46)30(39)18(2)3/h5-10,13,18,20-23,26,30,40H,4,11-12,14-17,38-39H2,1-3H3/t20-,21-,22-,23-,26-,30-/m0/s1. The summed E-state index contributed by atoms with van der Waals surface area (Å²) in [7, 11) is 0. The van der Waals surface area contributed by atoms with Crippen LogP contribution in [0.3, 0.4) is 0 Å². The predicted molar refractivity (Wildman–Crippen MR) is 172 cm³/mol. The Morgan fingerprint density at radius 3 is 2.37 bits per heavy atom. The van der Waals surface area contributed by atoms with Crippen LogP contribution in [0.5, 0.6) is 0 Å². The van der Waals surface area contributed by atoms with Gasteiger partial charge in [0.15, 0.2) is 5.82 Å². The minimum absolute atomic E-state index is 0.0128. The smallest absolute Gasteiger partial charge is 0.240 e. The molecule has 0 radical (unpaired) electrons. The number of rotatable bonds is 9. The molecule has 4 aromatic rings. The Labute approximate surface area is 266 Å². The predicted octanol–water partition coefficient (Wildman–Crippen LogP) is 4.46. The number of amides is 2. The maximum absolute atomic E-state index is 14.9. The molecule has 4 heterocycles. The molecule has 46 heavy (non-hydrogen) atoms. The van der Waals surface area contributed by atoms with Crippen LogP contribution < -0.4 is 11.5 Å². The van der Waals surface area contributed by atoms with Gasteiger partial charge in [-0.3, -0.25) is 9.59 Å². The molecule has 0 spiro atoms. The van der Waals surface area contributed by atoms with Crippen molar-refractivity contribution in [3.05, 3.63) is 53.8 Å². The quantitative estimate of drug-likeness (QED) is 0.250. The van der Waals surface area contributed by atoms with Gasteiger partial charge in [0.05, 0.1) is 47.9 Å². The molecule has 6 rings (SSSR count). The normalized spacial score (nSPS) is 23.2. The fraction of sp³-hybridized carbons (Fsp3) is 0.500. The average Bonchev–Trinajstić information content (AvgIpc) is 3.79. The average molecular weight is 638 g/mol. The van der Waals surface area contributed by atoms with Crippen LogP contribution in [0.25, 0.3) is 33.5 Å². The van der Waals surface area contributed by atoms with E-state index in [-0.39, 0.29) is 50.2 Å². The SMILES string of the molecule is CC[C@H](N)C(=O)N1C[C@@H](F)C[C@H]1Cc1c(-c2nc3cc(F)ccc3n2C[C@@H]2C[C@H](F)CN2C(=O)[C@@H](N)C(C)C)[nH]c2ccccc12. The number of nitrogens with one attached hydrogen (secondary N) is 1. The lowest BCUT2D eigenvalue weighted by Crippen LogP contribution is -2.49. The van der Waals surface area contributed by atoms with E-state index in [1.165, 1.54) is 17.0 Å². The Kier molecular flexibility index (Phi) is 8.86. The summed E-state index contributed by atoms with van der Waals surface area (Å²) < 4.78 is 46.2. The number of halogens is 3. The van der Waals surface area contributed by atoms with Crippen molar-refractivity contribution in [3.63, 3.8) is 0 Å². The zero-order valence-electron chi connectivity index (χ0n) is 26.4. The molecule has 0 unspecified atom stereocenters. The monoisotopic (exact) mass is 637 g/mol. The number of H-pyrrole nitrogens is 1. The third kappa shape index (κ3) is 5.88. The first-order chi connectivity index (χ1) is 22.0. The molecule has 2 aromatic heterocycles. The Balaban J connectivity index is 1.45. The van der Waals surface area contributed by atoms with E-state index >= 15 is 0 Å². The van der Waals surface area contributed by atoms with E-state index < -0.39 is 42.3 Å². The number of nitrogens with zero attached hydrogens (tertiary/aromatic N) is 4. The van der Waals surface area contributed by atoms with Crippen molar-refractivity contribution < 1.29 is 22.8 Å². The molecule has 5 N–H and O–H groups in total. The number of carbonyl (C=O) groups excluding carboxylic acids is 2. The molecular formula is C34H42F3N7O2. The van der Waals surface area contributed by atoms with Crippen molar-refractivity contribution in [1.29, 1.82) is 0 Å². The zero-order chi connectivity index (χ0) is 32.9. The van der Waals surface area contributed by atoms with Gasteiger partial charge in [0, 0.05) is 42.4 Å². The zero-order valence-corrected chi connectivity index (χ0v) is 26.4. The van der Waals surface area contributed by atoms with Gasteiger partial charge in [-0.25, -0.2) is 18.2 Å². The Morgan fingerprint density at radius 1 is 1.00 bits per heavy atom. The number of carbonyl (C=O) groups is 2. The molecular weight excluding hydrogens is 595 g/mol. The number of hydrogen-bond acceptors (Lipinski definition) is 5. The number of benzene rings is 2. The van der Waals surface area contributed by atoms with Gasteiger partial charge in [0.25, 0.3) is 0 Å². The van der Waals surface area contributed by atoms with Crippen LogP contribution in [0, 0.1) is 11.7 Å². The summed E-state index contributed by atoms with van der Waals surface area (Å²) in [4.78, 5) is 38.0. The molecule has 12 heteroatoms. The largest absolute Gasteiger partial charge is 0.352 e. The van der Waals surface area contributed by atoms with Gasteiger partial charge in [0.1, 0.15) is 18.2 Å². The first-order valence-electron chi connectivity index (χ1n) is 16.1. The molecule has 9 nitrogen and oxygen atoms in total. The number of hydrogen-bond donors (Lipinski definition) is 3. The van der Waals surface area contributed by atoms with Crippen molar-refractivity contribution in [3.8, 4) is 11.5 Å². The minimum Gasteiger partial charge on any atom is -0.352 e. The van der Waals surface area contributed by atoms with Crippen LogP contribution in [-0.4, -0.2) is 85.7 Å². The molecule has 2 amide bonds. The van der Waals surface area contributed by atoms with Crippen LogP contribution in [0.2, 0.25) is 0 Å². The summed E-state index contributed by atoms with van der Waals surface area (Å²) >= 11 is 0. The molecule has 2 aromatic carbocycles. The van der Waals surface area contributed by atoms with Crippen molar-refractivity contribution in [2.45, 2.75) is 89.5 Å². The summed E-state index contributed by atoms with van der Waals surface area (Å²) in [6.45, 7) is 5.68. The number of aromatic nitrogens is 3. The maximum atomic E-state index is 14.9. The lowest BCUT2D eigenvalue weighted by molar-refractivity contribution is -0.135. The number of nitrogens with two attached hydrogens (primary N) is 2. The van der Waals surface area contributed by atoms with Gasteiger partial charge in [-0.1, -0.05) is 39.0 Å². The summed E-state index contributed by atoms with van der Waals surface area (Å²) in [5.41, 5.74) is 15.6. The molecule has 246 valence electrons. The molecule has 0 bridgehead atoms. The van der Waals surface area contributed by atoms with Gasteiger partial charge in [0.2, 0.25) is 11.8 Å². The van der Waals surface area contributed by atoms with Crippen molar-refractivity contribution in [2.24, 2.45) is 17.4 Å². The Bertz CT molecular complexity index is 1750. The van der Waals surface area contributed by atoms with Gasteiger partial charge >= 0.3 is 0 Å². The summed E-state index contributed by atoms with van der Waals surface area (Å²) in [6.07, 6.45) is -1.29. The van der Waals surface area contributed by atoms with Gasteiger partial charge < -0.3 is 30.8 Å². The molecule has 2 saturated heterocycles. The number of fused-ring (bicyclic) bond motifs is 2. The van der Waals surface area contributed by atoms with Crippen LogP contribution in [0.4, 0.5) is 13.2 Å². The highest BCUT2D eigenvalue weighted by atomic mass is 19.1. The number of imidazole rings is 1. The first-order valence-corrected chi connectivity index (χ1v) is 16.1. The first kappa shape index (κ1) is 32.1. The van der Waals surface area contributed by atoms with Gasteiger partial charge in [-0.15, -0.1) is 0 Å². The molecule has 6 atom stereocenters. The van der Waals surface area contributed by atoms with Crippen LogP contribution in [0.1, 0.15) is 45.6 Å². The summed E-state index contributed by atoms with van der Waals surface area (Å²) in [5, 5.41) is 0.890. The number of para-hydroxylation sites is 1. The fourth-order valence-electron chi connectivity index (χ4n) is 7.02. The highest BCUT2D eigenvalue weighted by Crippen LogP contribution is 2.37. The lowest BCUT2D eigenvalue weighted by Gasteiger charge is -2.29. The highest BCUT2D eigenvalue weighted by Gasteiger charge is 2.40. The van der Waals surface area contributed by atoms with E-state index in [0.717, 1.165) is 16.5 Å². The van der Waals surface area contributed by atoms with E-state index in [4.69, 9.17) is 16.5 Å². The minimum atomic E-state index is -1.21. The molecule has 2 fully saturated rings. The molecule has 0 aliphatic carbocycles. The number of alkyl halides is 2. The Morgan fingerprint density at radius 2 is 1.67 bits per heavy atom. The van der Waals surface area contributed by atoms with E-state index in [1.54, 1.807) is 11.0 Å². The van der Waals surface area contributed by atoms with Gasteiger partial charge in [-0.05, 0) is 42.5 Å². The van der Waals surface area contributed by atoms with Crippen LogP contribution in [0.15, 0.2) is 42.5 Å². The van der Waals surface area contributed by atoms with Crippen LogP contribution in [-0.2, 0) is 22.6 Å². The second-order valence-corrected chi connectivity index (χ2v) is 13.1. The summed E-state index contributed by atoms with van der Waals surface area (Å²) in [6, 6.07) is 9.61. The molecule has 2 aliphatic rings. The van der Waals surface area contributed by atoms with Gasteiger partial charge in [-0.2, -0.15) is 0 Å². The third-order valence-corrected chi connectivity index (χ3v) is 9.63. The number of aromatic amines is 1. The lowest BCUT2D eigenvalue weighted by atomic mass is 9.99. The fourth-order valence-corrected chi connectivity index (χ4v) is 7.02. The van der Waals surface area contributed by atoms with E-state index in [2.05, 4.69) is 4.98 Å². The second-order valence-electron chi connectivity index (χ2n) is 13.1. The second kappa shape index (κ2) is 12.7. The van der Waals surface area contributed by atoms with E-state index in [1.807, 2.05) is 49.6 Å². The van der Waals surface area contributed by atoms with Crippen LogP contribution >= 0.6 is 0 Å². The molecule has 0 saturated carbocycles. The highest BCUT2D eigenvalue weighted by molar-refractivity contribution is 5.92. The number of likely N-dealkylation sites (tertiary alicyclic amines) is 2. The topological polar surface area (TPSA) is 126 Å². The maximum Gasteiger partial charge on any atom is 0.240 e. The Hall–Kier alpha value is -3.90. The third-order valence-electron chi connectivity index (χ3n) is 9.63. The van der Waals surface area contributed by atoms with Crippen molar-refractivity contribution in [1.82, 2.24) is 24.3 Å².